The number of benzene rings is 1. The van der Waals surface area contributed by atoms with Crippen molar-refractivity contribution in [3.05, 3.63) is 35.9 Å². The number of imide groups is 1. The van der Waals surface area contributed by atoms with Crippen LogP contribution in [0.5, 0.6) is 0 Å². The van der Waals surface area contributed by atoms with Crippen molar-refractivity contribution < 1.29 is 19.1 Å². The Kier molecular flexibility index (Phi) is 5.44. The molecule has 4 fully saturated rings. The smallest absolute Gasteiger partial charge is 0.321 e. The van der Waals surface area contributed by atoms with Crippen LogP contribution in [0, 0.1) is 17.3 Å². The number of alkyl halides is 1. The maximum absolute atomic E-state index is 13.0. The molecule has 6 nitrogen and oxygen atoms in total. The molecule has 0 unspecified atom stereocenters. The standard InChI is InChI=1S/C22H27BrN2O4/c1-24-20(28)25-19(27)18(16-5-3-2-4-6-16)29-17(26)12-21-8-14-7-15(9-21)11-22(23,10-14)13-21/h2-6,14-15,18H,7-13H2,1H3,(H2,24,25,27,28)/t14-,15-,18-,21?,22?/m1/s1. The summed E-state index contributed by atoms with van der Waals surface area (Å²) in [5.74, 6) is 0.324. The fourth-order valence-electron chi connectivity index (χ4n) is 6.16. The largest absolute Gasteiger partial charge is 0.447 e. The van der Waals surface area contributed by atoms with E-state index in [1.54, 1.807) is 24.3 Å². The minimum atomic E-state index is -1.15. The van der Waals surface area contributed by atoms with Gasteiger partial charge in [-0.3, -0.25) is 14.9 Å². The summed E-state index contributed by atoms with van der Waals surface area (Å²) in [6.07, 6.45) is 5.95. The highest BCUT2D eigenvalue weighted by Gasteiger charge is 2.57. The van der Waals surface area contributed by atoms with E-state index in [-0.39, 0.29) is 15.7 Å². The Bertz CT molecular complexity index is 798. The number of urea groups is 1. The average molecular weight is 463 g/mol. The Morgan fingerprint density at radius 2 is 1.79 bits per heavy atom. The van der Waals surface area contributed by atoms with Crippen molar-refractivity contribution in [1.82, 2.24) is 10.6 Å². The maximum Gasteiger partial charge on any atom is 0.321 e. The molecule has 0 radical (unpaired) electrons. The van der Waals surface area contributed by atoms with Gasteiger partial charge in [0, 0.05) is 16.9 Å². The number of amides is 3. The highest BCUT2D eigenvalue weighted by molar-refractivity contribution is 9.10. The average Bonchev–Trinajstić information content (AvgIpc) is 2.64. The normalized spacial score (nSPS) is 33.0. The topological polar surface area (TPSA) is 84.5 Å². The van der Waals surface area contributed by atoms with Gasteiger partial charge in [-0.1, -0.05) is 46.3 Å². The van der Waals surface area contributed by atoms with Crippen LogP contribution < -0.4 is 10.6 Å². The highest BCUT2D eigenvalue weighted by Crippen LogP contribution is 2.65. The van der Waals surface area contributed by atoms with Crippen molar-refractivity contribution in [2.45, 2.75) is 55.4 Å². The van der Waals surface area contributed by atoms with Gasteiger partial charge in [-0.05, 0) is 55.8 Å². The van der Waals surface area contributed by atoms with Crippen molar-refractivity contribution >= 4 is 33.8 Å². The van der Waals surface area contributed by atoms with E-state index in [1.165, 1.54) is 26.3 Å². The third kappa shape index (κ3) is 4.34. The van der Waals surface area contributed by atoms with E-state index in [4.69, 9.17) is 4.74 Å². The summed E-state index contributed by atoms with van der Waals surface area (Å²) >= 11 is 3.97. The van der Waals surface area contributed by atoms with E-state index >= 15 is 0 Å². The third-order valence-corrected chi connectivity index (χ3v) is 7.61. The number of halogens is 1. The first kappa shape index (κ1) is 20.4. The predicted molar refractivity (Wildman–Crippen MR) is 111 cm³/mol. The van der Waals surface area contributed by atoms with Crippen LogP contribution in [-0.2, 0) is 14.3 Å². The molecule has 3 atom stereocenters. The van der Waals surface area contributed by atoms with Crippen LogP contribution in [0.2, 0.25) is 0 Å². The van der Waals surface area contributed by atoms with Crippen molar-refractivity contribution in [2.24, 2.45) is 17.3 Å². The number of carbonyl (C=O) groups excluding carboxylic acids is 3. The SMILES string of the molecule is CNC(=O)NC(=O)[C@H](OC(=O)CC12C[C@H]3C[C@@H](CC(Br)(C3)C1)C2)c1ccccc1. The van der Waals surface area contributed by atoms with Gasteiger partial charge in [-0.25, -0.2) is 4.79 Å². The lowest BCUT2D eigenvalue weighted by Crippen LogP contribution is -2.53. The maximum atomic E-state index is 13.0. The Morgan fingerprint density at radius 1 is 1.14 bits per heavy atom. The van der Waals surface area contributed by atoms with Crippen LogP contribution in [0.4, 0.5) is 4.79 Å². The van der Waals surface area contributed by atoms with Gasteiger partial charge < -0.3 is 10.1 Å². The molecule has 0 aliphatic heterocycles. The molecule has 0 spiro atoms. The van der Waals surface area contributed by atoms with E-state index in [0.29, 0.717) is 23.8 Å². The van der Waals surface area contributed by atoms with Gasteiger partial charge in [0.1, 0.15) is 0 Å². The summed E-state index contributed by atoms with van der Waals surface area (Å²) in [6, 6.07) is 8.19. The molecule has 3 amide bonds. The Hall–Kier alpha value is -1.89. The fourth-order valence-corrected chi connectivity index (χ4v) is 7.67. The summed E-state index contributed by atoms with van der Waals surface area (Å²) in [5, 5.41) is 4.57. The van der Waals surface area contributed by atoms with Crippen molar-refractivity contribution in [3.8, 4) is 0 Å². The second kappa shape index (κ2) is 7.74. The zero-order valence-electron chi connectivity index (χ0n) is 16.6. The summed E-state index contributed by atoms with van der Waals surface area (Å²) in [6.45, 7) is 0. The first-order valence-corrected chi connectivity index (χ1v) is 11.1. The molecule has 156 valence electrons. The second-order valence-electron chi connectivity index (χ2n) is 9.14. The highest BCUT2D eigenvalue weighted by atomic mass is 79.9. The number of esters is 1. The summed E-state index contributed by atoms with van der Waals surface area (Å²) in [4.78, 5) is 37.2. The van der Waals surface area contributed by atoms with Gasteiger partial charge in [0.25, 0.3) is 5.91 Å². The number of rotatable bonds is 5. The summed E-state index contributed by atoms with van der Waals surface area (Å²) in [7, 11) is 1.43. The molecule has 1 aromatic rings. The Morgan fingerprint density at radius 3 is 2.38 bits per heavy atom. The molecular weight excluding hydrogens is 436 g/mol. The van der Waals surface area contributed by atoms with Gasteiger partial charge in [0.15, 0.2) is 0 Å². The predicted octanol–water partition coefficient (Wildman–Crippen LogP) is 3.85. The molecule has 0 saturated heterocycles. The summed E-state index contributed by atoms with van der Waals surface area (Å²) < 4.78 is 5.83. The number of hydrogen-bond donors (Lipinski definition) is 2. The van der Waals surface area contributed by atoms with Crippen molar-refractivity contribution in [3.63, 3.8) is 0 Å². The van der Waals surface area contributed by atoms with Gasteiger partial charge in [-0.2, -0.15) is 0 Å². The van der Waals surface area contributed by atoms with Crippen LogP contribution >= 0.6 is 15.9 Å². The summed E-state index contributed by atoms with van der Waals surface area (Å²) in [5.41, 5.74) is 0.508. The van der Waals surface area contributed by atoms with Crippen molar-refractivity contribution in [1.29, 1.82) is 0 Å². The first-order valence-electron chi connectivity index (χ1n) is 10.3. The number of hydrogen-bond acceptors (Lipinski definition) is 4. The Balaban J connectivity index is 1.48. The number of ether oxygens (including phenoxy) is 1. The molecule has 0 aromatic heterocycles. The van der Waals surface area contributed by atoms with E-state index < -0.39 is 18.0 Å². The van der Waals surface area contributed by atoms with Crippen LogP contribution in [0.15, 0.2) is 30.3 Å². The Labute approximate surface area is 179 Å². The number of nitrogens with one attached hydrogen (secondary N) is 2. The molecule has 1 aromatic carbocycles. The molecule has 4 saturated carbocycles. The van der Waals surface area contributed by atoms with Crippen LogP contribution in [-0.4, -0.2) is 29.3 Å². The van der Waals surface area contributed by atoms with Crippen LogP contribution in [0.1, 0.15) is 56.6 Å². The fraction of sp³-hybridized carbons (Fsp3) is 0.591. The first-order chi connectivity index (χ1) is 13.8. The van der Waals surface area contributed by atoms with Gasteiger partial charge in [-0.15, -0.1) is 0 Å². The van der Waals surface area contributed by atoms with Crippen LogP contribution in [0.25, 0.3) is 0 Å². The lowest BCUT2D eigenvalue weighted by atomic mass is 9.49. The zero-order chi connectivity index (χ0) is 20.6. The van der Waals surface area contributed by atoms with Gasteiger partial charge in [0.2, 0.25) is 6.10 Å². The zero-order valence-corrected chi connectivity index (χ0v) is 18.2. The lowest BCUT2D eigenvalue weighted by molar-refractivity contribution is -0.161. The van der Waals surface area contributed by atoms with E-state index in [9.17, 15) is 14.4 Å². The molecule has 4 aliphatic rings. The van der Waals surface area contributed by atoms with E-state index in [1.807, 2.05) is 6.07 Å². The molecular formula is C22H27BrN2O4. The quantitative estimate of drug-likeness (QED) is 0.513. The molecule has 4 bridgehead atoms. The monoisotopic (exact) mass is 462 g/mol. The van der Waals surface area contributed by atoms with E-state index in [2.05, 4.69) is 26.6 Å². The van der Waals surface area contributed by atoms with E-state index in [0.717, 1.165) is 19.3 Å². The third-order valence-electron chi connectivity index (χ3n) is 6.68. The minimum Gasteiger partial charge on any atom is -0.447 e. The van der Waals surface area contributed by atoms with Crippen LogP contribution in [0.3, 0.4) is 0 Å². The molecule has 2 N–H and O–H groups in total. The van der Waals surface area contributed by atoms with Crippen molar-refractivity contribution in [2.75, 3.05) is 7.05 Å². The molecule has 0 heterocycles. The van der Waals surface area contributed by atoms with Gasteiger partial charge in [0.05, 0.1) is 6.42 Å². The molecule has 29 heavy (non-hydrogen) atoms. The minimum absolute atomic E-state index is 0.0385. The molecule has 4 aliphatic carbocycles. The number of carbonyl (C=O) groups is 3. The van der Waals surface area contributed by atoms with Gasteiger partial charge >= 0.3 is 12.0 Å². The molecule has 7 heteroatoms. The lowest BCUT2D eigenvalue weighted by Gasteiger charge is -2.60. The second-order valence-corrected chi connectivity index (χ2v) is 10.8. The molecule has 5 rings (SSSR count).